The largest absolute Gasteiger partial charge is 0.354 e. The Morgan fingerprint density at radius 3 is 2.25 bits per heavy atom. The highest BCUT2D eigenvalue weighted by Gasteiger charge is 2.30. The van der Waals surface area contributed by atoms with E-state index < -0.39 is 46.1 Å². The number of benzene rings is 2. The Hall–Kier alpha value is -3.01. The minimum absolute atomic E-state index is 0.0937. The van der Waals surface area contributed by atoms with Crippen LogP contribution in [0.25, 0.3) is 0 Å². The van der Waals surface area contributed by atoms with Gasteiger partial charge in [0.1, 0.15) is 24.2 Å². The van der Waals surface area contributed by atoms with Crippen molar-refractivity contribution < 1.29 is 26.8 Å². The first-order valence-corrected chi connectivity index (χ1v) is 11.9. The van der Waals surface area contributed by atoms with Gasteiger partial charge in [0, 0.05) is 18.7 Å². The van der Waals surface area contributed by atoms with Gasteiger partial charge in [0.15, 0.2) is 0 Å². The molecule has 0 unspecified atom stereocenters. The van der Waals surface area contributed by atoms with Crippen molar-refractivity contribution in [2.75, 3.05) is 23.7 Å². The first-order valence-electron chi connectivity index (χ1n) is 10.1. The van der Waals surface area contributed by atoms with Crippen molar-refractivity contribution in [1.29, 1.82) is 0 Å². The zero-order valence-electron chi connectivity index (χ0n) is 18.2. The highest BCUT2D eigenvalue weighted by Crippen LogP contribution is 2.20. The van der Waals surface area contributed by atoms with Crippen LogP contribution in [-0.2, 0) is 26.2 Å². The molecule has 0 heterocycles. The fourth-order valence-corrected chi connectivity index (χ4v) is 3.86. The molecule has 0 aliphatic carbocycles. The molecule has 0 saturated heterocycles. The van der Waals surface area contributed by atoms with Gasteiger partial charge < -0.3 is 10.2 Å². The molecular formula is C22H27F2N3O4S. The lowest BCUT2D eigenvalue weighted by Gasteiger charge is -2.31. The maximum absolute atomic E-state index is 14.3. The van der Waals surface area contributed by atoms with Crippen molar-refractivity contribution in [2.45, 2.75) is 32.9 Å². The van der Waals surface area contributed by atoms with Crippen LogP contribution in [-0.4, -0.2) is 50.5 Å². The van der Waals surface area contributed by atoms with Crippen LogP contribution < -0.4 is 9.62 Å². The number of rotatable bonds is 10. The van der Waals surface area contributed by atoms with Gasteiger partial charge in [-0.05, 0) is 43.7 Å². The summed E-state index contributed by atoms with van der Waals surface area (Å²) in [6.45, 7) is 2.90. The molecule has 2 rings (SSSR count). The van der Waals surface area contributed by atoms with E-state index in [-0.39, 0.29) is 17.8 Å². The standard InChI is InChI=1S/C22H27F2N3O4S/c1-4-13-25-22(29)16(2)26(14-17-7-5-6-8-20(17)24)21(28)15-27(32(3,30)31)19-11-9-18(23)10-12-19/h5-12,16H,4,13-15H2,1-3H3,(H,25,29)/t16-/m1/s1. The summed E-state index contributed by atoms with van der Waals surface area (Å²) < 4.78 is 53.1. The second-order valence-electron chi connectivity index (χ2n) is 7.33. The van der Waals surface area contributed by atoms with Crippen LogP contribution in [0.15, 0.2) is 48.5 Å². The SMILES string of the molecule is CCCNC(=O)[C@@H](C)N(Cc1ccccc1F)C(=O)CN(c1ccc(F)cc1)S(C)(=O)=O. The Balaban J connectivity index is 2.37. The van der Waals surface area contributed by atoms with Crippen molar-refractivity contribution in [2.24, 2.45) is 0 Å². The molecule has 1 atom stereocenters. The molecule has 0 fully saturated rings. The number of hydrogen-bond donors (Lipinski definition) is 1. The second-order valence-corrected chi connectivity index (χ2v) is 9.23. The number of nitrogens with one attached hydrogen (secondary N) is 1. The Morgan fingerprint density at radius 2 is 1.69 bits per heavy atom. The molecule has 7 nitrogen and oxygen atoms in total. The molecule has 0 radical (unpaired) electrons. The van der Waals surface area contributed by atoms with E-state index in [1.54, 1.807) is 6.07 Å². The Morgan fingerprint density at radius 1 is 1.06 bits per heavy atom. The molecular weight excluding hydrogens is 440 g/mol. The lowest BCUT2D eigenvalue weighted by molar-refractivity contribution is -0.139. The summed E-state index contributed by atoms with van der Waals surface area (Å²) in [4.78, 5) is 26.9. The Kier molecular flexibility index (Phi) is 8.71. The quantitative estimate of drug-likeness (QED) is 0.582. The molecule has 2 aromatic carbocycles. The van der Waals surface area contributed by atoms with Crippen molar-refractivity contribution in [3.63, 3.8) is 0 Å². The number of sulfonamides is 1. The van der Waals surface area contributed by atoms with Crippen LogP contribution in [0.3, 0.4) is 0 Å². The predicted octanol–water partition coefficient (Wildman–Crippen LogP) is 2.67. The Bertz CT molecular complexity index is 1050. The second kappa shape index (κ2) is 11.0. The van der Waals surface area contributed by atoms with E-state index in [0.717, 1.165) is 27.6 Å². The lowest BCUT2D eigenvalue weighted by atomic mass is 10.1. The summed E-state index contributed by atoms with van der Waals surface area (Å²) in [6, 6.07) is 9.48. The van der Waals surface area contributed by atoms with Gasteiger partial charge in [-0.15, -0.1) is 0 Å². The fraction of sp³-hybridized carbons (Fsp3) is 0.364. The zero-order chi connectivity index (χ0) is 23.9. The van der Waals surface area contributed by atoms with E-state index >= 15 is 0 Å². The molecule has 0 aliphatic rings. The van der Waals surface area contributed by atoms with Gasteiger partial charge in [0.25, 0.3) is 0 Å². The first kappa shape index (κ1) is 25.3. The van der Waals surface area contributed by atoms with Crippen LogP contribution in [0.2, 0.25) is 0 Å². The van der Waals surface area contributed by atoms with E-state index in [1.807, 2.05) is 6.92 Å². The van der Waals surface area contributed by atoms with Crippen molar-refractivity contribution in [3.05, 3.63) is 65.7 Å². The third kappa shape index (κ3) is 6.74. The van der Waals surface area contributed by atoms with Gasteiger partial charge in [-0.3, -0.25) is 13.9 Å². The topological polar surface area (TPSA) is 86.8 Å². The maximum atomic E-state index is 14.3. The number of hydrogen-bond acceptors (Lipinski definition) is 4. The molecule has 2 aromatic rings. The van der Waals surface area contributed by atoms with Crippen LogP contribution in [0.5, 0.6) is 0 Å². The van der Waals surface area contributed by atoms with Crippen LogP contribution in [0.1, 0.15) is 25.8 Å². The summed E-state index contributed by atoms with van der Waals surface area (Å²) in [5, 5.41) is 2.69. The first-order chi connectivity index (χ1) is 15.0. The van der Waals surface area contributed by atoms with Gasteiger partial charge in [-0.25, -0.2) is 17.2 Å². The van der Waals surface area contributed by atoms with Gasteiger partial charge in [0.05, 0.1) is 11.9 Å². The van der Waals surface area contributed by atoms with E-state index in [0.29, 0.717) is 13.0 Å². The number of amides is 2. The molecule has 0 saturated carbocycles. The highest BCUT2D eigenvalue weighted by atomic mass is 32.2. The van der Waals surface area contributed by atoms with Crippen molar-refractivity contribution in [1.82, 2.24) is 10.2 Å². The van der Waals surface area contributed by atoms with Gasteiger partial charge >= 0.3 is 0 Å². The van der Waals surface area contributed by atoms with Crippen molar-refractivity contribution in [3.8, 4) is 0 Å². The summed E-state index contributed by atoms with van der Waals surface area (Å²) in [5.41, 5.74) is 0.278. The van der Waals surface area contributed by atoms with Gasteiger partial charge in [0.2, 0.25) is 21.8 Å². The van der Waals surface area contributed by atoms with E-state index in [2.05, 4.69) is 5.32 Å². The zero-order valence-corrected chi connectivity index (χ0v) is 19.0. The maximum Gasteiger partial charge on any atom is 0.244 e. The summed E-state index contributed by atoms with van der Waals surface area (Å²) in [7, 11) is -3.91. The molecule has 2 amide bonds. The number of halogens is 2. The normalized spacial score (nSPS) is 12.2. The lowest BCUT2D eigenvalue weighted by Crippen LogP contribution is -2.51. The third-order valence-corrected chi connectivity index (χ3v) is 5.95. The summed E-state index contributed by atoms with van der Waals surface area (Å²) in [6.07, 6.45) is 1.61. The highest BCUT2D eigenvalue weighted by molar-refractivity contribution is 7.92. The third-order valence-electron chi connectivity index (χ3n) is 4.81. The van der Waals surface area contributed by atoms with Gasteiger partial charge in [-0.1, -0.05) is 25.1 Å². The van der Waals surface area contributed by atoms with Crippen LogP contribution in [0.4, 0.5) is 14.5 Å². The molecule has 0 aromatic heterocycles. The average Bonchev–Trinajstić information content (AvgIpc) is 2.74. The number of anilines is 1. The van der Waals surface area contributed by atoms with Crippen molar-refractivity contribution >= 4 is 27.5 Å². The Labute approximate surface area is 187 Å². The molecule has 1 N–H and O–H groups in total. The average molecular weight is 468 g/mol. The van der Waals surface area contributed by atoms with Gasteiger partial charge in [-0.2, -0.15) is 0 Å². The minimum Gasteiger partial charge on any atom is -0.354 e. The monoisotopic (exact) mass is 467 g/mol. The van der Waals surface area contributed by atoms with E-state index in [4.69, 9.17) is 0 Å². The molecule has 32 heavy (non-hydrogen) atoms. The van der Waals surface area contributed by atoms with Crippen LogP contribution >= 0.6 is 0 Å². The molecule has 10 heteroatoms. The molecule has 174 valence electrons. The molecule has 0 spiro atoms. The van der Waals surface area contributed by atoms with E-state index in [1.165, 1.54) is 37.3 Å². The summed E-state index contributed by atoms with van der Waals surface area (Å²) in [5.74, 6) is -2.26. The minimum atomic E-state index is -3.91. The number of carbonyl (C=O) groups is 2. The van der Waals surface area contributed by atoms with Crippen LogP contribution in [0, 0.1) is 11.6 Å². The fourth-order valence-electron chi connectivity index (χ4n) is 3.01. The predicted molar refractivity (Wildman–Crippen MR) is 118 cm³/mol. The summed E-state index contributed by atoms with van der Waals surface area (Å²) >= 11 is 0. The smallest absolute Gasteiger partial charge is 0.244 e. The number of carbonyl (C=O) groups excluding carboxylic acids is 2. The van der Waals surface area contributed by atoms with E-state index in [9.17, 15) is 26.8 Å². The number of nitrogens with zero attached hydrogens (tertiary/aromatic N) is 2. The molecule has 0 aliphatic heterocycles. The molecule has 0 bridgehead atoms.